The van der Waals surface area contributed by atoms with Crippen LogP contribution in [0.3, 0.4) is 0 Å². The van der Waals surface area contributed by atoms with Gasteiger partial charge in [-0.3, -0.25) is 14.2 Å². The number of methoxy groups -OCH3 is 1. The van der Waals surface area contributed by atoms with Gasteiger partial charge >= 0.3 is 0 Å². The second kappa shape index (κ2) is 13.6. The summed E-state index contributed by atoms with van der Waals surface area (Å²) in [6.07, 6.45) is 1.73. The van der Waals surface area contributed by atoms with Gasteiger partial charge in [0.05, 0.1) is 39.0 Å². The summed E-state index contributed by atoms with van der Waals surface area (Å²) in [7, 11) is 1.58. The average molecular weight is 691 g/mol. The number of aromatic nitrogens is 1. The van der Waals surface area contributed by atoms with Crippen molar-refractivity contribution >= 4 is 63.8 Å². The number of hydrogen-bond donors (Lipinski definition) is 1. The van der Waals surface area contributed by atoms with Crippen LogP contribution in [0.2, 0.25) is 15.1 Å². The van der Waals surface area contributed by atoms with Crippen LogP contribution in [0.25, 0.3) is 6.08 Å². The molecule has 0 unspecified atom stereocenters. The van der Waals surface area contributed by atoms with Gasteiger partial charge in [0.15, 0.2) is 4.80 Å². The van der Waals surface area contributed by atoms with Gasteiger partial charge in [-0.15, -0.1) is 0 Å². The number of allylic oxidation sites excluding steroid dienone is 1. The number of carbonyl (C=O) groups is 1. The SMILES string of the molecule is COc1ccc([C@@H]2C(C(=O)Nc3ccccc3)=C(C)N=c3s/c(=C/c4cc(Cl)ccc4OCc4ccc(Cl)c(Cl)c4)c(=O)n32)cc1. The van der Waals surface area contributed by atoms with E-state index in [2.05, 4.69) is 5.32 Å². The topological polar surface area (TPSA) is 81.9 Å². The molecule has 0 aliphatic carbocycles. The molecule has 232 valence electrons. The number of carbonyl (C=O) groups excluding carboxylic acids is 1. The first-order valence-corrected chi connectivity index (χ1v) is 16.1. The van der Waals surface area contributed by atoms with Gasteiger partial charge in [-0.1, -0.05) is 82.5 Å². The molecule has 4 aromatic carbocycles. The average Bonchev–Trinajstić information content (AvgIpc) is 3.35. The number of amides is 1. The third-order valence-corrected chi connectivity index (χ3v) is 9.32. The second-order valence-electron chi connectivity index (χ2n) is 10.4. The summed E-state index contributed by atoms with van der Waals surface area (Å²) in [5.74, 6) is 0.823. The number of fused-ring (bicyclic) bond motifs is 1. The number of benzene rings is 4. The Morgan fingerprint density at radius 3 is 2.46 bits per heavy atom. The maximum Gasteiger partial charge on any atom is 0.271 e. The third-order valence-electron chi connectivity index (χ3n) is 7.37. The standard InChI is InChI=1S/C35H26Cl3N3O4S/c1-20-31(33(42)40-25-6-4-3-5-7-25)32(22-9-12-26(44-2)13-10-22)41-34(43)30(46-35(41)39-20)18-23-17-24(36)11-15-29(23)45-19-21-8-14-27(37)28(38)16-21/h3-18,32H,19H2,1-2H3,(H,40,42)/b30-18+/t32-/m1/s1. The molecule has 0 spiro atoms. The van der Waals surface area contributed by atoms with E-state index in [1.807, 2.05) is 36.4 Å². The fraction of sp³-hybridized carbons (Fsp3) is 0.114. The van der Waals surface area contributed by atoms with Crippen LogP contribution in [0.1, 0.15) is 29.7 Å². The van der Waals surface area contributed by atoms with Crippen LogP contribution >= 0.6 is 46.1 Å². The highest BCUT2D eigenvalue weighted by molar-refractivity contribution is 7.07. The van der Waals surface area contributed by atoms with E-state index in [1.54, 1.807) is 79.3 Å². The molecule has 11 heteroatoms. The first kappa shape index (κ1) is 31.6. The molecule has 46 heavy (non-hydrogen) atoms. The normalized spacial score (nSPS) is 14.5. The highest BCUT2D eigenvalue weighted by atomic mass is 35.5. The summed E-state index contributed by atoms with van der Waals surface area (Å²) in [6, 6.07) is 26.2. The van der Waals surface area contributed by atoms with Crippen molar-refractivity contribution in [3.05, 3.63) is 154 Å². The second-order valence-corrected chi connectivity index (χ2v) is 12.7. The maximum atomic E-state index is 14.2. The van der Waals surface area contributed by atoms with Crippen LogP contribution in [-0.2, 0) is 11.4 Å². The lowest BCUT2D eigenvalue weighted by atomic mass is 9.95. The van der Waals surface area contributed by atoms with Gasteiger partial charge in [-0.05, 0) is 78.7 Å². The summed E-state index contributed by atoms with van der Waals surface area (Å²) in [5.41, 5.74) is 3.36. The van der Waals surface area contributed by atoms with Crippen molar-refractivity contribution in [2.45, 2.75) is 19.6 Å². The van der Waals surface area contributed by atoms with Gasteiger partial charge < -0.3 is 14.8 Å². The quantitative estimate of drug-likeness (QED) is 0.184. The molecule has 0 radical (unpaired) electrons. The van der Waals surface area contributed by atoms with E-state index < -0.39 is 6.04 Å². The summed E-state index contributed by atoms with van der Waals surface area (Å²) < 4.78 is 13.4. The Morgan fingerprint density at radius 2 is 1.74 bits per heavy atom. The lowest BCUT2D eigenvalue weighted by molar-refractivity contribution is -0.113. The lowest BCUT2D eigenvalue weighted by Gasteiger charge is -2.25. The number of nitrogens with one attached hydrogen (secondary N) is 1. The Morgan fingerprint density at radius 1 is 0.978 bits per heavy atom. The van der Waals surface area contributed by atoms with Crippen molar-refractivity contribution < 1.29 is 14.3 Å². The van der Waals surface area contributed by atoms with Crippen LogP contribution in [0.5, 0.6) is 11.5 Å². The van der Waals surface area contributed by atoms with Crippen LogP contribution in [-0.4, -0.2) is 17.6 Å². The van der Waals surface area contributed by atoms with Crippen molar-refractivity contribution in [1.82, 2.24) is 4.57 Å². The summed E-state index contributed by atoms with van der Waals surface area (Å²) in [4.78, 5) is 33.2. The Bertz CT molecular complexity index is 2160. The van der Waals surface area contributed by atoms with Gasteiger partial charge in [-0.25, -0.2) is 4.99 Å². The largest absolute Gasteiger partial charge is 0.497 e. The molecule has 0 fully saturated rings. The van der Waals surface area contributed by atoms with Gasteiger partial charge in [0.25, 0.3) is 11.5 Å². The van der Waals surface area contributed by atoms with Crippen LogP contribution in [0.4, 0.5) is 5.69 Å². The molecule has 2 heterocycles. The summed E-state index contributed by atoms with van der Waals surface area (Å²) in [6.45, 7) is 2.00. The zero-order valence-electron chi connectivity index (χ0n) is 24.6. The van der Waals surface area contributed by atoms with E-state index in [4.69, 9.17) is 49.3 Å². The smallest absolute Gasteiger partial charge is 0.271 e. The number of halogens is 3. The van der Waals surface area contributed by atoms with Gasteiger partial charge in [-0.2, -0.15) is 0 Å². The predicted octanol–water partition coefficient (Wildman–Crippen LogP) is 7.42. The first-order chi connectivity index (χ1) is 22.2. The molecule has 1 aliphatic rings. The Hall–Kier alpha value is -4.34. The fourth-order valence-electron chi connectivity index (χ4n) is 5.13. The monoisotopic (exact) mass is 689 g/mol. The molecule has 1 aromatic heterocycles. The molecule has 1 N–H and O–H groups in total. The lowest BCUT2D eigenvalue weighted by Crippen LogP contribution is -2.40. The molecule has 0 saturated heterocycles. The molecule has 6 rings (SSSR count). The van der Waals surface area contributed by atoms with E-state index >= 15 is 0 Å². The molecule has 0 bridgehead atoms. The van der Waals surface area contributed by atoms with Crippen molar-refractivity contribution in [2.24, 2.45) is 4.99 Å². The number of thiazole rings is 1. The predicted molar refractivity (Wildman–Crippen MR) is 184 cm³/mol. The zero-order chi connectivity index (χ0) is 32.4. The Kier molecular flexibility index (Phi) is 9.33. The zero-order valence-corrected chi connectivity index (χ0v) is 27.7. The Labute approximate surface area is 283 Å². The van der Waals surface area contributed by atoms with E-state index in [0.717, 1.165) is 11.1 Å². The molecule has 1 aliphatic heterocycles. The van der Waals surface area contributed by atoms with Crippen molar-refractivity contribution in [3.63, 3.8) is 0 Å². The van der Waals surface area contributed by atoms with Crippen LogP contribution in [0.15, 0.2) is 112 Å². The third kappa shape index (κ3) is 6.62. The number of anilines is 1. The molecule has 1 amide bonds. The minimum absolute atomic E-state index is 0.219. The van der Waals surface area contributed by atoms with E-state index in [1.165, 1.54) is 11.3 Å². The molecule has 7 nitrogen and oxygen atoms in total. The number of hydrogen-bond acceptors (Lipinski definition) is 6. The van der Waals surface area contributed by atoms with E-state index in [9.17, 15) is 9.59 Å². The number of rotatable bonds is 8. The van der Waals surface area contributed by atoms with Crippen LogP contribution < -0.4 is 29.7 Å². The summed E-state index contributed by atoms with van der Waals surface area (Å²) in [5, 5.41) is 4.33. The van der Waals surface area contributed by atoms with Crippen LogP contribution in [0, 0.1) is 0 Å². The minimum Gasteiger partial charge on any atom is -0.497 e. The number of nitrogens with zero attached hydrogens (tertiary/aromatic N) is 2. The van der Waals surface area contributed by atoms with Gasteiger partial charge in [0.2, 0.25) is 0 Å². The number of ether oxygens (including phenoxy) is 2. The molecular formula is C35H26Cl3N3O4S. The maximum absolute atomic E-state index is 14.2. The minimum atomic E-state index is -0.738. The molecular weight excluding hydrogens is 665 g/mol. The molecule has 5 aromatic rings. The van der Waals surface area contributed by atoms with Crippen molar-refractivity contribution in [3.8, 4) is 11.5 Å². The fourth-order valence-corrected chi connectivity index (χ4v) is 6.67. The number of para-hydroxylation sites is 1. The first-order valence-electron chi connectivity index (χ1n) is 14.1. The van der Waals surface area contributed by atoms with E-state index in [0.29, 0.717) is 58.4 Å². The molecule has 0 saturated carbocycles. The van der Waals surface area contributed by atoms with Crippen molar-refractivity contribution in [1.29, 1.82) is 0 Å². The Balaban J connectivity index is 1.43. The highest BCUT2D eigenvalue weighted by Crippen LogP contribution is 2.32. The highest BCUT2D eigenvalue weighted by Gasteiger charge is 2.32. The summed E-state index contributed by atoms with van der Waals surface area (Å²) >= 11 is 19.8. The van der Waals surface area contributed by atoms with Gasteiger partial charge in [0, 0.05) is 16.3 Å². The van der Waals surface area contributed by atoms with Crippen molar-refractivity contribution in [2.75, 3.05) is 12.4 Å². The van der Waals surface area contributed by atoms with E-state index in [-0.39, 0.29) is 18.1 Å². The van der Waals surface area contributed by atoms with Gasteiger partial charge in [0.1, 0.15) is 18.1 Å². The molecule has 1 atom stereocenters.